The van der Waals surface area contributed by atoms with Crippen molar-refractivity contribution in [3.8, 4) is 0 Å². The van der Waals surface area contributed by atoms with E-state index >= 15 is 0 Å². The number of rotatable bonds is 6. The molecule has 2 heterocycles. The molecule has 1 amide bonds. The fraction of sp³-hybridized carbons (Fsp3) is 0.0500. The van der Waals surface area contributed by atoms with Gasteiger partial charge < -0.3 is 5.32 Å². The van der Waals surface area contributed by atoms with Crippen LogP contribution in [-0.2, 0) is 16.6 Å². The molecule has 4 aromatic rings. The van der Waals surface area contributed by atoms with Crippen LogP contribution in [0.4, 0.5) is 18.9 Å². The summed E-state index contributed by atoms with van der Waals surface area (Å²) in [5, 5.41) is 2.40. The van der Waals surface area contributed by atoms with Crippen molar-refractivity contribution in [3.63, 3.8) is 0 Å². The highest BCUT2D eigenvalue weighted by Gasteiger charge is 2.23. The summed E-state index contributed by atoms with van der Waals surface area (Å²) in [7, 11) is -4.21. The zero-order chi connectivity index (χ0) is 23.8. The fourth-order valence-electron chi connectivity index (χ4n) is 2.98. The van der Waals surface area contributed by atoms with Crippen molar-refractivity contribution in [3.05, 3.63) is 80.9 Å². The normalized spacial score (nSPS) is 11.5. The Bertz CT molecular complexity index is 1470. The highest BCUT2D eigenvalue weighted by molar-refractivity contribution is 14.1. The molecule has 0 radical (unpaired) electrons. The van der Waals surface area contributed by atoms with Gasteiger partial charge in [0.25, 0.3) is 15.9 Å². The summed E-state index contributed by atoms with van der Waals surface area (Å²) in [5.74, 6) is -4.19. The second-order valence-electron chi connectivity index (χ2n) is 6.68. The molecule has 0 spiro atoms. The average molecular weight is 604 g/mol. The van der Waals surface area contributed by atoms with Crippen molar-refractivity contribution in [1.82, 2.24) is 14.7 Å². The van der Waals surface area contributed by atoms with Crippen LogP contribution in [0.25, 0.3) is 10.1 Å². The Labute approximate surface area is 203 Å². The van der Waals surface area contributed by atoms with Gasteiger partial charge in [0, 0.05) is 34.0 Å². The number of anilines is 1. The molecule has 0 aliphatic heterocycles. The number of pyridine rings is 1. The molecule has 0 aliphatic rings. The Morgan fingerprint density at radius 1 is 1.09 bits per heavy atom. The van der Waals surface area contributed by atoms with E-state index in [1.54, 1.807) is 12.1 Å². The Morgan fingerprint density at radius 2 is 1.82 bits per heavy atom. The Kier molecular flexibility index (Phi) is 6.54. The molecule has 7 nitrogen and oxygen atoms in total. The number of carbonyl (C=O) groups is 1. The third-order valence-corrected chi connectivity index (χ3v) is 7.26. The van der Waals surface area contributed by atoms with E-state index in [1.165, 1.54) is 24.5 Å². The van der Waals surface area contributed by atoms with E-state index in [9.17, 15) is 26.4 Å². The number of halogens is 4. The summed E-state index contributed by atoms with van der Waals surface area (Å²) in [6.45, 7) is -0.573. The van der Waals surface area contributed by atoms with Crippen LogP contribution in [0.5, 0.6) is 0 Å². The number of nitrogens with zero attached hydrogens (tertiary/aromatic N) is 2. The number of sulfonamides is 1. The average Bonchev–Trinajstić information content (AvgIpc) is 3.21. The van der Waals surface area contributed by atoms with Crippen molar-refractivity contribution in [2.45, 2.75) is 11.6 Å². The maximum atomic E-state index is 13.9. The minimum atomic E-state index is -4.21. The van der Waals surface area contributed by atoms with Crippen LogP contribution < -0.4 is 10.0 Å². The van der Waals surface area contributed by atoms with E-state index in [-0.39, 0.29) is 16.3 Å². The van der Waals surface area contributed by atoms with Gasteiger partial charge in [-0.25, -0.2) is 18.2 Å². The van der Waals surface area contributed by atoms with Crippen molar-refractivity contribution in [1.29, 1.82) is 0 Å². The van der Waals surface area contributed by atoms with Gasteiger partial charge in [0.2, 0.25) is 0 Å². The molecule has 13 heteroatoms. The summed E-state index contributed by atoms with van der Waals surface area (Å²) in [6, 6.07) is 6.99. The van der Waals surface area contributed by atoms with Crippen LogP contribution in [0.2, 0.25) is 0 Å². The minimum Gasteiger partial charge on any atom is -0.348 e. The van der Waals surface area contributed by atoms with Gasteiger partial charge in [-0.2, -0.15) is 12.8 Å². The molecular weight excluding hydrogens is 592 g/mol. The van der Waals surface area contributed by atoms with Gasteiger partial charge in [-0.1, -0.05) is 0 Å². The van der Waals surface area contributed by atoms with Gasteiger partial charge in [0.05, 0.1) is 27.5 Å². The van der Waals surface area contributed by atoms with E-state index in [1.807, 2.05) is 22.6 Å². The highest BCUT2D eigenvalue weighted by Crippen LogP contribution is 2.27. The van der Waals surface area contributed by atoms with Crippen LogP contribution in [0.15, 0.2) is 53.8 Å². The zero-order valence-corrected chi connectivity index (χ0v) is 20.1. The number of nitrogens with one attached hydrogen (secondary N) is 2. The third kappa shape index (κ3) is 4.94. The van der Waals surface area contributed by atoms with Crippen LogP contribution in [0, 0.1) is 21.0 Å². The maximum absolute atomic E-state index is 13.9. The predicted octanol–water partition coefficient (Wildman–Crippen LogP) is 4.44. The summed E-state index contributed by atoms with van der Waals surface area (Å²) in [6.07, 6.45) is 2.72. The minimum absolute atomic E-state index is 0.0542. The van der Waals surface area contributed by atoms with Crippen LogP contribution in [0.3, 0.4) is 0 Å². The van der Waals surface area contributed by atoms with E-state index in [0.717, 1.165) is 11.5 Å². The van der Waals surface area contributed by atoms with Crippen molar-refractivity contribution in [2.75, 3.05) is 4.72 Å². The largest absolute Gasteiger partial charge is 0.348 e. The van der Waals surface area contributed by atoms with Gasteiger partial charge in [-0.3, -0.25) is 9.52 Å². The maximum Gasteiger partial charge on any atom is 0.280 e. The van der Waals surface area contributed by atoms with E-state index in [2.05, 4.69) is 19.4 Å². The molecule has 2 aromatic carbocycles. The van der Waals surface area contributed by atoms with Crippen molar-refractivity contribution in [2.24, 2.45) is 0 Å². The lowest BCUT2D eigenvalue weighted by molar-refractivity contribution is 0.0951. The fourth-order valence-corrected chi connectivity index (χ4v) is 5.39. The summed E-state index contributed by atoms with van der Waals surface area (Å²) in [4.78, 5) is 16.7. The first-order valence-electron chi connectivity index (χ1n) is 9.09. The lowest BCUT2D eigenvalue weighted by atomic mass is 10.1. The molecule has 170 valence electrons. The first-order valence-corrected chi connectivity index (χ1v) is 12.4. The monoisotopic (exact) mass is 604 g/mol. The molecule has 2 N–H and O–H groups in total. The first kappa shape index (κ1) is 23.4. The van der Waals surface area contributed by atoms with Crippen LogP contribution in [0.1, 0.15) is 15.9 Å². The lowest BCUT2D eigenvalue weighted by Gasteiger charge is -2.14. The summed E-state index contributed by atoms with van der Waals surface area (Å²) < 4.78 is 74.5. The van der Waals surface area contributed by atoms with Gasteiger partial charge in [-0.05, 0) is 58.4 Å². The van der Waals surface area contributed by atoms with Gasteiger partial charge in [0.1, 0.15) is 17.5 Å². The molecule has 0 atom stereocenters. The van der Waals surface area contributed by atoms with E-state index < -0.39 is 45.5 Å². The van der Waals surface area contributed by atoms with Crippen molar-refractivity contribution >= 4 is 65.8 Å². The number of fused-ring (bicyclic) bond motifs is 1. The molecule has 0 bridgehead atoms. The number of hydrogen-bond acceptors (Lipinski definition) is 6. The highest BCUT2D eigenvalue weighted by atomic mass is 127. The smallest absolute Gasteiger partial charge is 0.280 e. The molecule has 0 fully saturated rings. The van der Waals surface area contributed by atoms with E-state index in [0.29, 0.717) is 25.8 Å². The Morgan fingerprint density at radius 3 is 2.55 bits per heavy atom. The summed E-state index contributed by atoms with van der Waals surface area (Å²) in [5.41, 5.74) is -0.669. The zero-order valence-electron chi connectivity index (χ0n) is 16.3. The molecule has 2 aromatic heterocycles. The summed E-state index contributed by atoms with van der Waals surface area (Å²) >= 11 is 3.05. The Hall–Kier alpha value is -2.78. The topological polar surface area (TPSA) is 101 Å². The second-order valence-corrected chi connectivity index (χ2v) is 10.4. The standard InChI is InChI=1S/C20H12F3IN4O3S2/c21-10-5-15(22)13(16(23)6-10)8-26-19(29)12-2-1-11(24)7-17(12)28-33(30,31)20-14-9-27-32-18(14)3-4-25-20/h1-7,9,28H,8H2,(H,26,29). The molecule has 0 aliphatic carbocycles. The molecular formula is C20H12F3IN4O3S2. The predicted molar refractivity (Wildman–Crippen MR) is 125 cm³/mol. The number of amides is 1. The number of aromatic nitrogens is 2. The number of hydrogen-bond donors (Lipinski definition) is 2. The van der Waals surface area contributed by atoms with Crippen molar-refractivity contribution < 1.29 is 26.4 Å². The Balaban J connectivity index is 1.63. The molecule has 0 saturated heterocycles. The van der Waals surface area contributed by atoms with Crippen LogP contribution in [-0.4, -0.2) is 23.7 Å². The SMILES string of the molecule is O=C(NCc1c(F)cc(F)cc1F)c1ccc(I)cc1NS(=O)(=O)c1nccc2sncc12. The molecule has 33 heavy (non-hydrogen) atoms. The molecule has 0 saturated carbocycles. The number of benzene rings is 2. The second kappa shape index (κ2) is 9.23. The first-order chi connectivity index (χ1) is 15.7. The lowest BCUT2D eigenvalue weighted by Crippen LogP contribution is -2.26. The molecule has 0 unspecified atom stereocenters. The van der Waals surface area contributed by atoms with Gasteiger partial charge >= 0.3 is 0 Å². The third-order valence-electron chi connectivity index (χ3n) is 4.50. The van der Waals surface area contributed by atoms with E-state index in [4.69, 9.17) is 0 Å². The van der Waals surface area contributed by atoms with Gasteiger partial charge in [-0.15, -0.1) is 0 Å². The number of carbonyl (C=O) groups excluding carboxylic acids is 1. The van der Waals surface area contributed by atoms with Crippen LogP contribution >= 0.6 is 34.1 Å². The van der Waals surface area contributed by atoms with Gasteiger partial charge in [0.15, 0.2) is 5.03 Å². The quantitative estimate of drug-likeness (QED) is 0.317. The molecule has 4 rings (SSSR count).